The molecule has 0 fully saturated rings. The highest BCUT2D eigenvalue weighted by molar-refractivity contribution is 5.69. The first-order valence-corrected chi connectivity index (χ1v) is 11.1. The first kappa shape index (κ1) is 22.4. The Morgan fingerprint density at radius 1 is 0.886 bits per heavy atom. The number of ether oxygens (including phenoxy) is 2. The van der Waals surface area contributed by atoms with Gasteiger partial charge in [-0.25, -0.2) is 9.37 Å². The van der Waals surface area contributed by atoms with E-state index in [0.717, 1.165) is 16.9 Å². The van der Waals surface area contributed by atoms with Crippen LogP contribution in [-0.4, -0.2) is 28.2 Å². The second kappa shape index (κ2) is 9.10. The molecule has 7 heteroatoms. The molecule has 176 valence electrons. The van der Waals surface area contributed by atoms with Crippen LogP contribution in [0.25, 0.3) is 28.2 Å². The van der Waals surface area contributed by atoms with Gasteiger partial charge in [0.05, 0.1) is 32.0 Å². The molecule has 0 aliphatic heterocycles. The summed E-state index contributed by atoms with van der Waals surface area (Å²) in [5, 5.41) is 0. The molecule has 0 spiro atoms. The molecule has 3 aromatic carbocycles. The minimum Gasteiger partial charge on any atom is -0.497 e. The molecule has 5 aromatic rings. The smallest absolute Gasteiger partial charge is 0.267 e. The minimum absolute atomic E-state index is 0.206. The van der Waals surface area contributed by atoms with Crippen molar-refractivity contribution in [3.05, 3.63) is 106 Å². The number of hydrogen-bond donors (Lipinski definition) is 0. The number of methoxy groups -OCH3 is 2. The van der Waals surface area contributed by atoms with Gasteiger partial charge in [0.2, 0.25) is 5.78 Å². The number of rotatable bonds is 6. The van der Waals surface area contributed by atoms with Crippen LogP contribution < -0.4 is 15.0 Å². The normalized spacial score (nSPS) is 11.1. The maximum Gasteiger partial charge on any atom is 0.267 e. The first-order chi connectivity index (χ1) is 17.0. The average molecular weight is 470 g/mol. The fraction of sp³-hybridized carbons (Fsp3) is 0.143. The lowest BCUT2D eigenvalue weighted by Gasteiger charge is -2.17. The second-order valence-electron chi connectivity index (χ2n) is 8.20. The number of hydrogen-bond acceptors (Lipinski definition) is 4. The third-order valence-corrected chi connectivity index (χ3v) is 6.16. The van der Waals surface area contributed by atoms with Gasteiger partial charge in [0.1, 0.15) is 17.3 Å². The van der Waals surface area contributed by atoms with Crippen LogP contribution in [0.15, 0.2) is 83.8 Å². The van der Waals surface area contributed by atoms with Crippen molar-refractivity contribution in [3.63, 3.8) is 0 Å². The molecule has 2 heterocycles. The van der Waals surface area contributed by atoms with Crippen molar-refractivity contribution in [2.45, 2.75) is 13.5 Å². The van der Waals surface area contributed by atoms with Crippen LogP contribution in [0.3, 0.4) is 0 Å². The van der Waals surface area contributed by atoms with E-state index >= 15 is 0 Å². The summed E-state index contributed by atoms with van der Waals surface area (Å²) in [5.41, 5.74) is 3.68. The van der Waals surface area contributed by atoms with Gasteiger partial charge in [-0.1, -0.05) is 30.3 Å². The van der Waals surface area contributed by atoms with Gasteiger partial charge in [0.15, 0.2) is 0 Å². The van der Waals surface area contributed by atoms with Crippen LogP contribution in [0.5, 0.6) is 11.5 Å². The minimum atomic E-state index is -0.311. The van der Waals surface area contributed by atoms with E-state index in [9.17, 15) is 9.18 Å². The van der Waals surface area contributed by atoms with Crippen molar-refractivity contribution < 1.29 is 13.9 Å². The molecule has 0 bridgehead atoms. The predicted octanol–water partition coefficient (Wildman–Crippen LogP) is 5.34. The Morgan fingerprint density at radius 3 is 2.34 bits per heavy atom. The fourth-order valence-corrected chi connectivity index (χ4v) is 4.27. The van der Waals surface area contributed by atoms with Crippen LogP contribution >= 0.6 is 0 Å². The summed E-state index contributed by atoms with van der Waals surface area (Å²) in [6.07, 6.45) is 1.72. The molecule has 0 aliphatic carbocycles. The van der Waals surface area contributed by atoms with Crippen LogP contribution in [0.4, 0.5) is 4.39 Å². The third-order valence-electron chi connectivity index (χ3n) is 6.16. The molecule has 35 heavy (non-hydrogen) atoms. The lowest BCUT2D eigenvalue weighted by molar-refractivity contribution is 0.415. The maximum absolute atomic E-state index is 14.6. The quantitative estimate of drug-likeness (QED) is 0.337. The average Bonchev–Trinajstić information content (AvgIpc) is 3.34. The topological polar surface area (TPSA) is 57.8 Å². The van der Waals surface area contributed by atoms with Crippen molar-refractivity contribution >= 4 is 5.78 Å². The van der Waals surface area contributed by atoms with E-state index in [-0.39, 0.29) is 17.9 Å². The Balaban J connectivity index is 1.77. The van der Waals surface area contributed by atoms with Gasteiger partial charge in [-0.3, -0.25) is 9.20 Å². The van der Waals surface area contributed by atoms with Crippen molar-refractivity contribution in [1.29, 1.82) is 0 Å². The molecule has 2 aromatic heterocycles. The Hall–Kier alpha value is -4.39. The highest BCUT2D eigenvalue weighted by Gasteiger charge is 2.20. The summed E-state index contributed by atoms with van der Waals surface area (Å²) in [7, 11) is 3.20. The van der Waals surface area contributed by atoms with Crippen LogP contribution in [-0.2, 0) is 6.54 Å². The molecular weight excluding hydrogens is 445 g/mol. The largest absolute Gasteiger partial charge is 0.497 e. The number of nitrogens with zero attached hydrogens (tertiary/aromatic N) is 3. The van der Waals surface area contributed by atoms with Crippen LogP contribution in [0, 0.1) is 12.7 Å². The molecule has 0 N–H and O–H groups in total. The van der Waals surface area contributed by atoms with Gasteiger partial charge in [-0.15, -0.1) is 0 Å². The Kier molecular flexibility index (Phi) is 5.82. The van der Waals surface area contributed by atoms with E-state index in [1.807, 2.05) is 60.0 Å². The van der Waals surface area contributed by atoms with Crippen LogP contribution in [0.2, 0.25) is 0 Å². The SMILES string of the molecule is COc1ccc(-c2cn3c(=O)c(-c4cccc(OC)c4)c(C)n(Cc4ccccc4F)c3n2)cc1. The Bertz CT molecular complexity index is 1590. The molecule has 5 rings (SSSR count). The number of fused-ring (bicyclic) bond motifs is 1. The summed E-state index contributed by atoms with van der Waals surface area (Å²) in [6, 6.07) is 21.5. The molecule has 0 radical (unpaired) electrons. The molecule has 0 atom stereocenters. The number of halogens is 1. The van der Waals surface area contributed by atoms with E-state index in [4.69, 9.17) is 14.5 Å². The number of aromatic nitrogens is 3. The lowest BCUT2D eigenvalue weighted by Crippen LogP contribution is -2.23. The van der Waals surface area contributed by atoms with E-state index in [0.29, 0.717) is 34.0 Å². The highest BCUT2D eigenvalue weighted by Crippen LogP contribution is 2.28. The van der Waals surface area contributed by atoms with Crippen molar-refractivity contribution in [3.8, 4) is 33.9 Å². The molecule has 0 unspecified atom stereocenters. The van der Waals surface area contributed by atoms with E-state index < -0.39 is 0 Å². The van der Waals surface area contributed by atoms with Gasteiger partial charge < -0.3 is 14.0 Å². The number of benzene rings is 3. The molecule has 0 saturated heterocycles. The summed E-state index contributed by atoms with van der Waals surface area (Å²) >= 11 is 0. The van der Waals surface area contributed by atoms with E-state index in [2.05, 4.69) is 0 Å². The van der Waals surface area contributed by atoms with Gasteiger partial charge >= 0.3 is 0 Å². The summed E-state index contributed by atoms with van der Waals surface area (Å²) in [4.78, 5) is 18.5. The molecule has 0 amide bonds. The third kappa shape index (κ3) is 4.05. The van der Waals surface area contributed by atoms with Crippen molar-refractivity contribution in [1.82, 2.24) is 14.0 Å². The highest BCUT2D eigenvalue weighted by atomic mass is 19.1. The summed E-state index contributed by atoms with van der Waals surface area (Å²) < 4.78 is 28.7. The molecular formula is C28H24FN3O3. The predicted molar refractivity (Wildman–Crippen MR) is 134 cm³/mol. The zero-order valence-corrected chi connectivity index (χ0v) is 19.7. The number of imidazole rings is 1. The maximum atomic E-state index is 14.6. The lowest BCUT2D eigenvalue weighted by atomic mass is 10.0. The van der Waals surface area contributed by atoms with Crippen molar-refractivity contribution in [2.24, 2.45) is 0 Å². The first-order valence-electron chi connectivity index (χ1n) is 11.1. The van der Waals surface area contributed by atoms with Crippen LogP contribution in [0.1, 0.15) is 11.3 Å². The Labute approximate surface area is 201 Å². The van der Waals surface area contributed by atoms with Gasteiger partial charge in [0, 0.05) is 23.0 Å². The fourth-order valence-electron chi connectivity index (χ4n) is 4.27. The van der Waals surface area contributed by atoms with E-state index in [1.54, 1.807) is 38.6 Å². The van der Waals surface area contributed by atoms with Gasteiger partial charge in [-0.2, -0.15) is 0 Å². The van der Waals surface area contributed by atoms with Crippen molar-refractivity contribution in [2.75, 3.05) is 14.2 Å². The zero-order chi connectivity index (χ0) is 24.5. The Morgan fingerprint density at radius 2 is 1.63 bits per heavy atom. The molecule has 0 aliphatic rings. The molecule has 0 saturated carbocycles. The second-order valence-corrected chi connectivity index (χ2v) is 8.20. The van der Waals surface area contributed by atoms with Gasteiger partial charge in [0.25, 0.3) is 5.56 Å². The summed E-state index contributed by atoms with van der Waals surface area (Å²) in [5.74, 6) is 1.50. The van der Waals surface area contributed by atoms with E-state index in [1.165, 1.54) is 10.5 Å². The monoisotopic (exact) mass is 469 g/mol. The van der Waals surface area contributed by atoms with Gasteiger partial charge in [-0.05, 0) is 55.0 Å². The standard InChI is InChI=1S/C28H24FN3O3/c1-18-26(20-8-6-9-23(15-20)35-3)27(33)32-17-25(19-11-13-22(34-2)14-12-19)30-28(32)31(18)16-21-7-4-5-10-24(21)29/h4-15,17H,16H2,1-3H3. The zero-order valence-electron chi connectivity index (χ0n) is 19.7. The summed E-state index contributed by atoms with van der Waals surface area (Å²) in [6.45, 7) is 2.08. The molecule has 6 nitrogen and oxygen atoms in total.